The van der Waals surface area contributed by atoms with E-state index in [2.05, 4.69) is 43.4 Å². The van der Waals surface area contributed by atoms with Crippen LogP contribution in [-0.2, 0) is 0 Å². The first-order chi connectivity index (χ1) is 9.31. The molecule has 0 spiro atoms. The van der Waals surface area contributed by atoms with Crippen molar-refractivity contribution in [2.45, 2.75) is 56.9 Å². The molecule has 1 aliphatic rings. The van der Waals surface area contributed by atoms with Gasteiger partial charge in [0.05, 0.1) is 0 Å². The van der Waals surface area contributed by atoms with Gasteiger partial charge in [0.25, 0.3) is 0 Å². The Bertz CT molecular complexity index is 377. The fraction of sp³-hybridized carbons (Fsp3) is 0.647. The van der Waals surface area contributed by atoms with Crippen molar-refractivity contribution >= 4 is 11.8 Å². The Hall–Kier alpha value is -0.470. The third-order valence-electron chi connectivity index (χ3n) is 4.16. The number of hydrogen-bond donors (Lipinski definition) is 1. The Kier molecular flexibility index (Phi) is 6.25. The van der Waals surface area contributed by atoms with Crippen LogP contribution in [0.15, 0.2) is 29.2 Å². The summed E-state index contributed by atoms with van der Waals surface area (Å²) in [6.45, 7) is 5.65. The quantitative estimate of drug-likeness (QED) is 0.728. The van der Waals surface area contributed by atoms with E-state index in [1.165, 1.54) is 54.9 Å². The average Bonchev–Trinajstić information content (AvgIpc) is 2.86. The number of hydrogen-bond acceptors (Lipinski definition) is 2. The molecule has 1 aromatic rings. The second-order valence-corrected chi connectivity index (χ2v) is 6.79. The van der Waals surface area contributed by atoms with Crippen molar-refractivity contribution in [2.75, 3.05) is 12.3 Å². The van der Waals surface area contributed by atoms with Crippen LogP contribution < -0.4 is 5.32 Å². The van der Waals surface area contributed by atoms with E-state index in [0.717, 1.165) is 12.0 Å². The summed E-state index contributed by atoms with van der Waals surface area (Å²) < 4.78 is 0. The van der Waals surface area contributed by atoms with Gasteiger partial charge in [0.2, 0.25) is 0 Å². The van der Waals surface area contributed by atoms with Crippen molar-refractivity contribution in [2.24, 2.45) is 5.92 Å². The van der Waals surface area contributed by atoms with E-state index in [9.17, 15) is 0 Å². The lowest BCUT2D eigenvalue weighted by atomic mass is 10.0. The van der Waals surface area contributed by atoms with Gasteiger partial charge in [-0.05, 0) is 62.5 Å². The third kappa shape index (κ3) is 4.54. The van der Waals surface area contributed by atoms with Crippen LogP contribution in [-0.4, -0.2) is 18.3 Å². The van der Waals surface area contributed by atoms with Crippen molar-refractivity contribution in [1.29, 1.82) is 0 Å². The molecule has 2 atom stereocenters. The molecule has 1 nitrogen and oxygen atoms in total. The van der Waals surface area contributed by atoms with Crippen LogP contribution in [0.4, 0.5) is 0 Å². The molecule has 1 N–H and O–H groups in total. The lowest BCUT2D eigenvalue weighted by Crippen LogP contribution is -2.33. The number of benzene rings is 1. The molecule has 1 fully saturated rings. The van der Waals surface area contributed by atoms with Gasteiger partial charge >= 0.3 is 0 Å². The largest absolute Gasteiger partial charge is 0.314 e. The lowest BCUT2D eigenvalue weighted by Gasteiger charge is -2.20. The fourth-order valence-corrected chi connectivity index (χ4v) is 4.13. The minimum absolute atomic E-state index is 0.789. The molecule has 0 aliphatic heterocycles. The van der Waals surface area contributed by atoms with Gasteiger partial charge in [-0.25, -0.2) is 0 Å². The second-order valence-electron chi connectivity index (χ2n) is 5.65. The molecule has 0 bridgehead atoms. The van der Waals surface area contributed by atoms with Gasteiger partial charge in [-0.1, -0.05) is 31.5 Å². The zero-order chi connectivity index (χ0) is 13.5. The van der Waals surface area contributed by atoms with Gasteiger partial charge in [-0.15, -0.1) is 11.8 Å². The minimum atomic E-state index is 0.789. The van der Waals surface area contributed by atoms with E-state index in [0.29, 0.717) is 0 Å². The van der Waals surface area contributed by atoms with E-state index < -0.39 is 0 Å². The first-order valence-electron chi connectivity index (χ1n) is 7.73. The van der Waals surface area contributed by atoms with E-state index in [-0.39, 0.29) is 0 Å². The smallest absolute Gasteiger partial charge is 0.0101 e. The predicted molar refractivity (Wildman–Crippen MR) is 85.9 cm³/mol. The van der Waals surface area contributed by atoms with E-state index >= 15 is 0 Å². The molecule has 1 aliphatic carbocycles. The molecular weight excluding hydrogens is 250 g/mol. The zero-order valence-corrected chi connectivity index (χ0v) is 13.1. The van der Waals surface area contributed by atoms with Gasteiger partial charge < -0.3 is 5.32 Å². The summed E-state index contributed by atoms with van der Waals surface area (Å²) >= 11 is 2.03. The molecule has 19 heavy (non-hydrogen) atoms. The Morgan fingerprint density at radius 3 is 2.89 bits per heavy atom. The molecule has 0 heterocycles. The lowest BCUT2D eigenvalue weighted by molar-refractivity contribution is 0.393. The van der Waals surface area contributed by atoms with Crippen LogP contribution >= 0.6 is 11.8 Å². The fourth-order valence-electron chi connectivity index (χ4n) is 3.02. The topological polar surface area (TPSA) is 12.0 Å². The number of nitrogens with one attached hydrogen (secondary N) is 1. The summed E-state index contributed by atoms with van der Waals surface area (Å²) in [5.74, 6) is 2.17. The maximum absolute atomic E-state index is 3.73. The van der Waals surface area contributed by atoms with Crippen LogP contribution in [0, 0.1) is 12.8 Å². The summed E-state index contributed by atoms with van der Waals surface area (Å²) in [5.41, 5.74) is 1.42. The minimum Gasteiger partial charge on any atom is -0.314 e. The zero-order valence-electron chi connectivity index (χ0n) is 12.3. The van der Waals surface area contributed by atoms with Crippen LogP contribution in [0.2, 0.25) is 0 Å². The van der Waals surface area contributed by atoms with Crippen LogP contribution in [0.3, 0.4) is 0 Å². The molecule has 106 valence electrons. The van der Waals surface area contributed by atoms with Crippen LogP contribution in [0.5, 0.6) is 0 Å². The number of thioether (sulfide) groups is 1. The maximum atomic E-state index is 3.73. The molecule has 2 heteroatoms. The van der Waals surface area contributed by atoms with Gasteiger partial charge in [0.15, 0.2) is 0 Å². The van der Waals surface area contributed by atoms with Gasteiger partial charge in [0, 0.05) is 10.9 Å². The monoisotopic (exact) mass is 277 g/mol. The standard InChI is InChI=1S/C17H27NS/c1-3-12-18-16-9-6-8-15(16)11-13-19-17-10-5-4-7-14(17)2/h4-5,7,10,15-16,18H,3,6,8-9,11-13H2,1-2H3. The Balaban J connectivity index is 1.74. The molecule has 1 aromatic carbocycles. The van der Waals surface area contributed by atoms with Crippen molar-refractivity contribution in [3.05, 3.63) is 29.8 Å². The molecular formula is C17H27NS. The summed E-state index contributed by atoms with van der Waals surface area (Å²) in [4.78, 5) is 1.46. The van der Waals surface area contributed by atoms with Crippen molar-refractivity contribution in [3.8, 4) is 0 Å². The first kappa shape index (κ1) is 14.9. The maximum Gasteiger partial charge on any atom is 0.0101 e. The van der Waals surface area contributed by atoms with Gasteiger partial charge in [0.1, 0.15) is 0 Å². The van der Waals surface area contributed by atoms with Crippen molar-refractivity contribution in [3.63, 3.8) is 0 Å². The summed E-state index contributed by atoms with van der Waals surface area (Å²) in [6, 6.07) is 9.53. The highest BCUT2D eigenvalue weighted by molar-refractivity contribution is 7.99. The molecule has 0 saturated heterocycles. The summed E-state index contributed by atoms with van der Waals surface area (Å²) in [5, 5.41) is 3.73. The highest BCUT2D eigenvalue weighted by Gasteiger charge is 2.25. The second kappa shape index (κ2) is 7.96. The number of rotatable bonds is 7. The highest BCUT2D eigenvalue weighted by atomic mass is 32.2. The van der Waals surface area contributed by atoms with Crippen LogP contribution in [0.25, 0.3) is 0 Å². The van der Waals surface area contributed by atoms with E-state index in [1.54, 1.807) is 0 Å². The Labute approximate surface area is 122 Å². The van der Waals surface area contributed by atoms with Gasteiger partial charge in [-0.2, -0.15) is 0 Å². The van der Waals surface area contributed by atoms with Crippen LogP contribution in [0.1, 0.15) is 44.6 Å². The predicted octanol–water partition coefficient (Wildman–Crippen LogP) is 4.65. The SMILES string of the molecule is CCCNC1CCCC1CCSc1ccccc1C. The Morgan fingerprint density at radius 2 is 2.11 bits per heavy atom. The average molecular weight is 277 g/mol. The van der Waals surface area contributed by atoms with Gasteiger partial charge in [-0.3, -0.25) is 0 Å². The normalized spacial score (nSPS) is 22.8. The van der Waals surface area contributed by atoms with Crippen molar-refractivity contribution < 1.29 is 0 Å². The summed E-state index contributed by atoms with van der Waals surface area (Å²) in [6.07, 6.45) is 6.85. The highest BCUT2D eigenvalue weighted by Crippen LogP contribution is 2.31. The van der Waals surface area contributed by atoms with Crippen molar-refractivity contribution in [1.82, 2.24) is 5.32 Å². The first-order valence-corrected chi connectivity index (χ1v) is 8.71. The van der Waals surface area contributed by atoms with E-state index in [1.807, 2.05) is 11.8 Å². The van der Waals surface area contributed by atoms with E-state index in [4.69, 9.17) is 0 Å². The molecule has 0 radical (unpaired) electrons. The molecule has 1 saturated carbocycles. The number of aryl methyl sites for hydroxylation is 1. The molecule has 2 unspecified atom stereocenters. The third-order valence-corrected chi connectivity index (χ3v) is 5.36. The molecule has 2 rings (SSSR count). The molecule has 0 aromatic heterocycles. The molecule has 0 amide bonds. The summed E-state index contributed by atoms with van der Waals surface area (Å²) in [7, 11) is 0. The Morgan fingerprint density at radius 1 is 1.26 bits per heavy atom.